The smallest absolute Gasteiger partial charge is 0.412 e. The molecule has 1 aliphatic rings. The van der Waals surface area contributed by atoms with Gasteiger partial charge < -0.3 is 14.3 Å². The van der Waals surface area contributed by atoms with Crippen LogP contribution in [-0.4, -0.2) is 35.7 Å². The van der Waals surface area contributed by atoms with Gasteiger partial charge in [0.05, 0.1) is 12.6 Å². The molecule has 1 aromatic carbocycles. The summed E-state index contributed by atoms with van der Waals surface area (Å²) >= 11 is 0. The zero-order chi connectivity index (χ0) is 14.6. The standard InChI is InChI=1S/C15H19NO4/c1-15(2)16(13(8-9-17)11-20-15)14(18)19-10-12-6-4-3-5-7-12/h3-7,9,13H,8,10-11H2,1-2H3. The van der Waals surface area contributed by atoms with Crippen molar-refractivity contribution in [3.05, 3.63) is 35.9 Å². The first-order valence-corrected chi connectivity index (χ1v) is 6.62. The molecular formula is C15H19NO4. The maximum absolute atomic E-state index is 12.2. The first kappa shape index (κ1) is 14.5. The minimum absolute atomic E-state index is 0.208. The predicted octanol–water partition coefficient (Wildman–Crippen LogP) is 2.35. The van der Waals surface area contributed by atoms with Crippen molar-refractivity contribution >= 4 is 12.4 Å². The Hall–Kier alpha value is -1.88. The van der Waals surface area contributed by atoms with Gasteiger partial charge in [-0.3, -0.25) is 4.90 Å². The zero-order valence-corrected chi connectivity index (χ0v) is 11.7. The van der Waals surface area contributed by atoms with Gasteiger partial charge in [0.1, 0.15) is 18.6 Å². The van der Waals surface area contributed by atoms with E-state index >= 15 is 0 Å². The van der Waals surface area contributed by atoms with Crippen LogP contribution >= 0.6 is 0 Å². The number of hydrogen-bond donors (Lipinski definition) is 0. The highest BCUT2D eigenvalue weighted by atomic mass is 16.6. The topological polar surface area (TPSA) is 55.8 Å². The Kier molecular flexibility index (Phi) is 4.39. The lowest BCUT2D eigenvalue weighted by atomic mass is 10.2. The van der Waals surface area contributed by atoms with Gasteiger partial charge in [0, 0.05) is 6.42 Å². The highest BCUT2D eigenvalue weighted by molar-refractivity contribution is 5.70. The summed E-state index contributed by atoms with van der Waals surface area (Å²) < 4.78 is 10.9. The van der Waals surface area contributed by atoms with Crippen molar-refractivity contribution < 1.29 is 19.1 Å². The Balaban J connectivity index is 2.00. The molecule has 0 bridgehead atoms. The van der Waals surface area contributed by atoms with Gasteiger partial charge in [-0.2, -0.15) is 0 Å². The quantitative estimate of drug-likeness (QED) is 0.793. The first-order chi connectivity index (χ1) is 9.54. The maximum atomic E-state index is 12.2. The van der Waals surface area contributed by atoms with Crippen molar-refractivity contribution in [3.63, 3.8) is 0 Å². The molecule has 1 heterocycles. The first-order valence-electron chi connectivity index (χ1n) is 6.62. The number of carbonyl (C=O) groups excluding carboxylic acids is 2. The highest BCUT2D eigenvalue weighted by Gasteiger charge is 2.44. The third-order valence-electron chi connectivity index (χ3n) is 3.34. The van der Waals surface area contributed by atoms with Crippen LogP contribution in [0.1, 0.15) is 25.8 Å². The van der Waals surface area contributed by atoms with Gasteiger partial charge in [0.15, 0.2) is 0 Å². The number of ether oxygens (including phenoxy) is 2. The molecule has 5 nitrogen and oxygen atoms in total. The minimum Gasteiger partial charge on any atom is -0.444 e. The van der Waals surface area contributed by atoms with Crippen LogP contribution in [-0.2, 0) is 20.9 Å². The van der Waals surface area contributed by atoms with Gasteiger partial charge in [-0.25, -0.2) is 4.79 Å². The van der Waals surface area contributed by atoms with E-state index in [0.717, 1.165) is 11.8 Å². The summed E-state index contributed by atoms with van der Waals surface area (Å²) in [6, 6.07) is 9.21. The van der Waals surface area contributed by atoms with E-state index in [4.69, 9.17) is 9.47 Å². The second-order valence-corrected chi connectivity index (χ2v) is 5.22. The number of nitrogens with zero attached hydrogens (tertiary/aromatic N) is 1. The summed E-state index contributed by atoms with van der Waals surface area (Å²) in [6.07, 6.45) is 0.597. The lowest BCUT2D eigenvalue weighted by Gasteiger charge is -2.32. The van der Waals surface area contributed by atoms with Gasteiger partial charge in [-0.1, -0.05) is 30.3 Å². The average Bonchev–Trinajstić information content (AvgIpc) is 2.73. The molecule has 0 aromatic heterocycles. The number of hydrogen-bond acceptors (Lipinski definition) is 4. The monoisotopic (exact) mass is 277 g/mol. The molecule has 1 aliphatic heterocycles. The van der Waals surface area contributed by atoms with Crippen LogP contribution < -0.4 is 0 Å². The summed E-state index contributed by atoms with van der Waals surface area (Å²) in [6.45, 7) is 4.15. The fourth-order valence-electron chi connectivity index (χ4n) is 2.33. The third-order valence-corrected chi connectivity index (χ3v) is 3.34. The van der Waals surface area contributed by atoms with Gasteiger partial charge >= 0.3 is 6.09 Å². The molecule has 0 spiro atoms. The van der Waals surface area contributed by atoms with Crippen LogP contribution in [0.3, 0.4) is 0 Å². The van der Waals surface area contributed by atoms with Gasteiger partial charge in [0.2, 0.25) is 0 Å². The zero-order valence-electron chi connectivity index (χ0n) is 11.7. The normalized spacial score (nSPS) is 20.7. The largest absolute Gasteiger partial charge is 0.444 e. The van der Waals surface area contributed by atoms with Crippen LogP contribution in [0.5, 0.6) is 0 Å². The van der Waals surface area contributed by atoms with Crippen LogP contribution in [0.15, 0.2) is 30.3 Å². The van der Waals surface area contributed by atoms with Crippen molar-refractivity contribution in [2.45, 2.75) is 38.6 Å². The van der Waals surface area contributed by atoms with E-state index in [1.54, 1.807) is 13.8 Å². The molecule has 2 rings (SSSR count). The molecular weight excluding hydrogens is 258 g/mol. The summed E-state index contributed by atoms with van der Waals surface area (Å²) in [5, 5.41) is 0. The summed E-state index contributed by atoms with van der Waals surface area (Å²) in [5.41, 5.74) is 0.173. The Morgan fingerprint density at radius 1 is 1.45 bits per heavy atom. The Bertz CT molecular complexity index is 472. The van der Waals surface area contributed by atoms with E-state index < -0.39 is 11.8 Å². The molecule has 0 saturated carbocycles. The Morgan fingerprint density at radius 3 is 2.80 bits per heavy atom. The van der Waals surface area contributed by atoms with E-state index in [1.807, 2.05) is 30.3 Å². The van der Waals surface area contributed by atoms with E-state index in [9.17, 15) is 9.59 Å². The molecule has 5 heteroatoms. The van der Waals surface area contributed by atoms with Gasteiger partial charge in [0.25, 0.3) is 0 Å². The minimum atomic E-state index is -0.749. The fraction of sp³-hybridized carbons (Fsp3) is 0.467. The number of carbonyl (C=O) groups is 2. The maximum Gasteiger partial charge on any atom is 0.412 e. The fourth-order valence-corrected chi connectivity index (χ4v) is 2.33. The lowest BCUT2D eigenvalue weighted by Crippen LogP contribution is -2.48. The molecule has 1 saturated heterocycles. The van der Waals surface area contributed by atoms with E-state index in [2.05, 4.69) is 0 Å². The molecule has 108 valence electrons. The van der Waals surface area contributed by atoms with Crippen molar-refractivity contribution in [2.24, 2.45) is 0 Å². The SMILES string of the molecule is CC1(C)OCC(CC=O)N1C(=O)OCc1ccccc1. The third kappa shape index (κ3) is 3.17. The van der Waals surface area contributed by atoms with Crippen molar-refractivity contribution in [1.29, 1.82) is 0 Å². The van der Waals surface area contributed by atoms with Crippen molar-refractivity contribution in [2.75, 3.05) is 6.61 Å². The summed E-state index contributed by atoms with van der Waals surface area (Å²) in [5.74, 6) is 0. The highest BCUT2D eigenvalue weighted by Crippen LogP contribution is 2.29. The van der Waals surface area contributed by atoms with Crippen molar-refractivity contribution in [3.8, 4) is 0 Å². The van der Waals surface area contributed by atoms with Crippen LogP contribution in [0.2, 0.25) is 0 Å². The summed E-state index contributed by atoms with van der Waals surface area (Å²) in [4.78, 5) is 24.4. The lowest BCUT2D eigenvalue weighted by molar-refractivity contribution is -0.108. The van der Waals surface area contributed by atoms with E-state index in [-0.39, 0.29) is 19.1 Å². The van der Waals surface area contributed by atoms with Gasteiger partial charge in [-0.15, -0.1) is 0 Å². The van der Waals surface area contributed by atoms with E-state index in [0.29, 0.717) is 6.61 Å². The molecule has 0 N–H and O–H groups in total. The number of amides is 1. The van der Waals surface area contributed by atoms with Crippen LogP contribution in [0, 0.1) is 0 Å². The molecule has 0 radical (unpaired) electrons. The molecule has 1 atom stereocenters. The predicted molar refractivity (Wildman–Crippen MR) is 73.0 cm³/mol. The average molecular weight is 277 g/mol. The second kappa shape index (κ2) is 6.05. The molecule has 1 aromatic rings. The van der Waals surface area contributed by atoms with Crippen molar-refractivity contribution in [1.82, 2.24) is 4.90 Å². The molecule has 1 amide bonds. The van der Waals surface area contributed by atoms with Crippen LogP contribution in [0.25, 0.3) is 0 Å². The Morgan fingerprint density at radius 2 is 2.15 bits per heavy atom. The van der Waals surface area contributed by atoms with Crippen LogP contribution in [0.4, 0.5) is 4.79 Å². The van der Waals surface area contributed by atoms with E-state index in [1.165, 1.54) is 4.90 Å². The summed E-state index contributed by atoms with van der Waals surface area (Å²) in [7, 11) is 0. The molecule has 0 aliphatic carbocycles. The number of aldehydes is 1. The molecule has 1 fully saturated rings. The molecule has 1 unspecified atom stereocenters. The Labute approximate surface area is 118 Å². The molecule has 20 heavy (non-hydrogen) atoms. The second-order valence-electron chi connectivity index (χ2n) is 5.22. The number of rotatable bonds is 4. The number of benzene rings is 1. The van der Waals surface area contributed by atoms with Gasteiger partial charge in [-0.05, 0) is 19.4 Å².